The van der Waals surface area contributed by atoms with Gasteiger partial charge in [-0.2, -0.15) is 0 Å². The van der Waals surface area contributed by atoms with E-state index in [4.69, 9.17) is 14.2 Å². The summed E-state index contributed by atoms with van der Waals surface area (Å²) in [5.74, 6) is 0. The summed E-state index contributed by atoms with van der Waals surface area (Å²) in [6, 6.07) is 6.22. The van der Waals surface area contributed by atoms with Gasteiger partial charge in [0, 0.05) is 38.1 Å². The molecule has 4 rings (SSSR count). The number of hydrogen-bond acceptors (Lipinski definition) is 7. The number of amides is 3. The van der Waals surface area contributed by atoms with Gasteiger partial charge >= 0.3 is 12.1 Å². The number of hydrogen-bond donors (Lipinski definition) is 0. The predicted octanol–water partition coefficient (Wildman–Crippen LogP) is 1.35. The van der Waals surface area contributed by atoms with E-state index in [1.807, 2.05) is 9.80 Å². The van der Waals surface area contributed by atoms with Crippen molar-refractivity contribution in [2.24, 2.45) is 0 Å². The van der Waals surface area contributed by atoms with E-state index in [9.17, 15) is 18.0 Å². The number of likely N-dealkylation sites (tertiary alicyclic amines) is 1. The summed E-state index contributed by atoms with van der Waals surface area (Å²) in [7, 11) is -3.29. The molecule has 0 bridgehead atoms. The van der Waals surface area contributed by atoms with E-state index in [1.165, 1.54) is 17.0 Å². The van der Waals surface area contributed by atoms with Crippen LogP contribution in [0.25, 0.3) is 0 Å². The quantitative estimate of drug-likeness (QED) is 0.644. The van der Waals surface area contributed by atoms with E-state index in [1.54, 1.807) is 12.1 Å². The second kappa shape index (κ2) is 9.63. The van der Waals surface area contributed by atoms with Gasteiger partial charge in [0.15, 0.2) is 9.84 Å². The minimum absolute atomic E-state index is 0.0190. The maximum absolute atomic E-state index is 12.6. The zero-order valence-corrected chi connectivity index (χ0v) is 19.0. The Balaban J connectivity index is 1.22. The molecule has 1 aromatic carbocycles. The van der Waals surface area contributed by atoms with E-state index >= 15 is 0 Å². The fraction of sp³-hybridized carbons (Fsp3) is 0.619. The molecule has 3 aliphatic heterocycles. The average Bonchev–Trinajstić information content (AvgIpc) is 3.18. The van der Waals surface area contributed by atoms with Crippen LogP contribution in [0.4, 0.5) is 15.3 Å². The predicted molar refractivity (Wildman–Crippen MR) is 116 cm³/mol. The zero-order chi connectivity index (χ0) is 22.7. The van der Waals surface area contributed by atoms with Gasteiger partial charge in [-0.3, -0.25) is 4.90 Å². The van der Waals surface area contributed by atoms with Crippen molar-refractivity contribution < 1.29 is 32.2 Å². The van der Waals surface area contributed by atoms with Crippen LogP contribution in [0.5, 0.6) is 0 Å². The molecule has 3 fully saturated rings. The minimum atomic E-state index is -3.29. The van der Waals surface area contributed by atoms with E-state index in [0.29, 0.717) is 51.6 Å². The number of nitrogens with zero attached hydrogens (tertiary/aromatic N) is 3. The molecule has 3 saturated heterocycles. The Labute approximate surface area is 187 Å². The number of rotatable bonds is 5. The second-order valence-electron chi connectivity index (χ2n) is 8.28. The molecule has 1 atom stereocenters. The Hall–Kier alpha value is -2.37. The molecule has 32 heavy (non-hydrogen) atoms. The average molecular weight is 468 g/mol. The Kier molecular flexibility index (Phi) is 6.87. The zero-order valence-electron chi connectivity index (χ0n) is 18.1. The van der Waals surface area contributed by atoms with Crippen LogP contribution in [-0.2, 0) is 24.0 Å². The molecule has 0 aromatic heterocycles. The highest BCUT2D eigenvalue weighted by Crippen LogP contribution is 2.24. The maximum atomic E-state index is 12.6. The molecular weight excluding hydrogens is 438 g/mol. The fourth-order valence-corrected chi connectivity index (χ4v) is 4.73. The molecule has 0 radical (unpaired) electrons. The van der Waals surface area contributed by atoms with Gasteiger partial charge in [-0.05, 0) is 37.1 Å². The second-order valence-corrected chi connectivity index (χ2v) is 10.3. The fourth-order valence-electron chi connectivity index (χ4n) is 4.10. The third-order valence-corrected chi connectivity index (χ3v) is 7.09. The molecule has 3 amide bonds. The van der Waals surface area contributed by atoms with Gasteiger partial charge in [0.1, 0.15) is 6.10 Å². The number of anilines is 1. The highest BCUT2D eigenvalue weighted by molar-refractivity contribution is 7.90. The van der Waals surface area contributed by atoms with Crippen LogP contribution in [0.3, 0.4) is 0 Å². The molecule has 0 N–H and O–H groups in total. The number of morpholine rings is 1. The van der Waals surface area contributed by atoms with Gasteiger partial charge in [-0.25, -0.2) is 18.0 Å². The first-order valence-electron chi connectivity index (χ1n) is 10.8. The topological polar surface area (TPSA) is 106 Å². The van der Waals surface area contributed by atoms with E-state index in [2.05, 4.69) is 0 Å². The monoisotopic (exact) mass is 467 g/mol. The highest BCUT2D eigenvalue weighted by atomic mass is 32.2. The molecule has 0 spiro atoms. The van der Waals surface area contributed by atoms with Crippen LogP contribution in [0.15, 0.2) is 29.2 Å². The number of ether oxygens (including phenoxy) is 3. The molecule has 0 aliphatic carbocycles. The van der Waals surface area contributed by atoms with Crippen molar-refractivity contribution in [2.45, 2.75) is 29.9 Å². The first-order valence-corrected chi connectivity index (χ1v) is 12.7. The Morgan fingerprint density at radius 3 is 2.31 bits per heavy atom. The van der Waals surface area contributed by atoms with Crippen molar-refractivity contribution in [2.75, 3.05) is 63.7 Å². The maximum Gasteiger partial charge on any atom is 0.414 e. The number of urea groups is 1. The largest absolute Gasteiger partial charge is 0.441 e. The highest BCUT2D eigenvalue weighted by Gasteiger charge is 2.34. The third-order valence-electron chi connectivity index (χ3n) is 5.96. The third kappa shape index (κ3) is 5.33. The van der Waals surface area contributed by atoms with Crippen LogP contribution in [-0.4, -0.2) is 101 Å². The number of piperidine rings is 1. The summed E-state index contributed by atoms with van der Waals surface area (Å²) in [5.41, 5.74) is 0.583. The molecule has 10 nitrogen and oxygen atoms in total. The van der Waals surface area contributed by atoms with Gasteiger partial charge in [-0.15, -0.1) is 0 Å². The van der Waals surface area contributed by atoms with E-state index < -0.39 is 22.0 Å². The molecule has 1 unspecified atom stereocenters. The van der Waals surface area contributed by atoms with Crippen molar-refractivity contribution in [1.82, 2.24) is 9.80 Å². The molecule has 11 heteroatoms. The number of benzene rings is 1. The number of cyclic esters (lactones) is 1. The lowest BCUT2D eigenvalue weighted by atomic mass is 10.1. The van der Waals surface area contributed by atoms with Gasteiger partial charge in [0.2, 0.25) is 0 Å². The summed E-state index contributed by atoms with van der Waals surface area (Å²) >= 11 is 0. The summed E-state index contributed by atoms with van der Waals surface area (Å²) in [4.78, 5) is 30.2. The molecule has 1 aromatic rings. The van der Waals surface area contributed by atoms with Crippen LogP contribution >= 0.6 is 0 Å². The molecule has 176 valence electrons. The molecule has 3 heterocycles. The van der Waals surface area contributed by atoms with Crippen LogP contribution in [0.1, 0.15) is 12.8 Å². The van der Waals surface area contributed by atoms with Gasteiger partial charge < -0.3 is 24.0 Å². The normalized spacial score (nSPS) is 22.8. The molecule has 3 aliphatic rings. The van der Waals surface area contributed by atoms with Crippen molar-refractivity contribution in [3.05, 3.63) is 24.3 Å². The Morgan fingerprint density at radius 2 is 1.69 bits per heavy atom. The summed E-state index contributed by atoms with van der Waals surface area (Å²) < 4.78 is 39.9. The van der Waals surface area contributed by atoms with Crippen LogP contribution in [0, 0.1) is 0 Å². The SMILES string of the molecule is CS(=O)(=O)c1ccc(N2CC(COC3CCN(C(=O)N4CCOCC4)CC3)OC2=O)cc1. The van der Waals surface area contributed by atoms with E-state index in [0.717, 1.165) is 19.1 Å². The molecular formula is C21H29N3O7S. The Bertz CT molecular complexity index is 923. The van der Waals surface area contributed by atoms with Crippen molar-refractivity contribution >= 4 is 27.6 Å². The van der Waals surface area contributed by atoms with Crippen molar-refractivity contribution in [3.63, 3.8) is 0 Å². The van der Waals surface area contributed by atoms with Crippen LogP contribution in [0.2, 0.25) is 0 Å². The first-order chi connectivity index (χ1) is 15.3. The number of sulfone groups is 1. The van der Waals surface area contributed by atoms with Gasteiger partial charge in [0.25, 0.3) is 0 Å². The Morgan fingerprint density at radius 1 is 1.06 bits per heavy atom. The summed E-state index contributed by atoms with van der Waals surface area (Å²) in [5, 5.41) is 0. The lowest BCUT2D eigenvalue weighted by Gasteiger charge is -2.37. The number of carbonyl (C=O) groups is 2. The molecule has 0 saturated carbocycles. The van der Waals surface area contributed by atoms with Gasteiger partial charge in [-0.1, -0.05) is 0 Å². The summed E-state index contributed by atoms with van der Waals surface area (Å²) in [6.07, 6.45) is 1.77. The standard InChI is InChI=1S/C21H29N3O7S/c1-32(27,28)19-4-2-16(3-5-19)24-14-18(31-21(24)26)15-30-17-6-8-22(9-7-17)20(25)23-10-12-29-13-11-23/h2-5,17-18H,6-15H2,1H3. The lowest BCUT2D eigenvalue weighted by Crippen LogP contribution is -2.51. The van der Waals surface area contributed by atoms with E-state index in [-0.39, 0.29) is 23.6 Å². The first kappa shape index (κ1) is 22.8. The lowest BCUT2D eigenvalue weighted by molar-refractivity contribution is -0.0262. The van der Waals surface area contributed by atoms with Gasteiger partial charge in [0.05, 0.1) is 37.4 Å². The van der Waals surface area contributed by atoms with Crippen LogP contribution < -0.4 is 4.90 Å². The minimum Gasteiger partial charge on any atom is -0.441 e. The van der Waals surface area contributed by atoms with Crippen molar-refractivity contribution in [3.8, 4) is 0 Å². The summed E-state index contributed by atoms with van der Waals surface area (Å²) in [6.45, 7) is 4.35. The van der Waals surface area contributed by atoms with Crippen molar-refractivity contribution in [1.29, 1.82) is 0 Å². The smallest absolute Gasteiger partial charge is 0.414 e. The number of carbonyl (C=O) groups excluding carboxylic acids is 2.